The van der Waals surface area contributed by atoms with E-state index in [1.165, 1.54) is 13.2 Å². The van der Waals surface area contributed by atoms with Crippen LogP contribution >= 0.6 is 0 Å². The van der Waals surface area contributed by atoms with Gasteiger partial charge in [-0.15, -0.1) is 0 Å². The van der Waals surface area contributed by atoms with Crippen molar-refractivity contribution in [3.8, 4) is 5.75 Å². The first-order chi connectivity index (χ1) is 10.8. The van der Waals surface area contributed by atoms with E-state index in [1.54, 1.807) is 31.2 Å². The van der Waals surface area contributed by atoms with E-state index in [4.69, 9.17) is 9.26 Å². The van der Waals surface area contributed by atoms with Crippen LogP contribution in [0.5, 0.6) is 5.75 Å². The van der Waals surface area contributed by atoms with E-state index in [9.17, 15) is 13.2 Å². The lowest BCUT2D eigenvalue weighted by molar-refractivity contribution is -0.114. The van der Waals surface area contributed by atoms with Gasteiger partial charge in [-0.1, -0.05) is 5.16 Å². The molecule has 1 N–H and O–H groups in total. The average Bonchev–Trinajstić information content (AvgIpc) is 2.89. The molecule has 1 heterocycles. The predicted molar refractivity (Wildman–Crippen MR) is 85.1 cm³/mol. The zero-order valence-corrected chi connectivity index (χ0v) is 13.8. The fraction of sp³-hybridized carbons (Fsp3) is 0.286. The van der Waals surface area contributed by atoms with E-state index in [0.717, 1.165) is 10.6 Å². The number of methoxy groups -OCH3 is 1. The molecule has 0 fully saturated rings. The number of benzene rings is 1. The monoisotopic (exact) mass is 339 g/mol. The van der Waals surface area contributed by atoms with Crippen molar-refractivity contribution in [2.75, 3.05) is 29.5 Å². The second-order valence-electron chi connectivity index (χ2n) is 4.84. The molecule has 124 valence electrons. The minimum absolute atomic E-state index is 0.232. The number of carbonyl (C=O) groups excluding carboxylic acids is 1. The highest BCUT2D eigenvalue weighted by Gasteiger charge is 2.21. The molecule has 0 aliphatic carbocycles. The highest BCUT2D eigenvalue weighted by molar-refractivity contribution is 7.92. The second-order valence-corrected chi connectivity index (χ2v) is 6.75. The number of hydrogen-bond acceptors (Lipinski definition) is 6. The molecule has 1 amide bonds. The highest BCUT2D eigenvalue weighted by Crippen LogP contribution is 2.21. The van der Waals surface area contributed by atoms with Crippen LogP contribution in [0.3, 0.4) is 0 Å². The van der Waals surface area contributed by atoms with Crippen LogP contribution in [0.1, 0.15) is 5.76 Å². The summed E-state index contributed by atoms with van der Waals surface area (Å²) in [6, 6.07) is 7.90. The van der Waals surface area contributed by atoms with Gasteiger partial charge in [-0.05, 0) is 31.2 Å². The zero-order valence-electron chi connectivity index (χ0n) is 12.9. The summed E-state index contributed by atoms with van der Waals surface area (Å²) < 4.78 is 34.8. The number of aryl methyl sites for hydroxylation is 1. The Morgan fingerprint density at radius 1 is 1.35 bits per heavy atom. The van der Waals surface area contributed by atoms with Gasteiger partial charge in [-0.2, -0.15) is 0 Å². The standard InChI is InChI=1S/C14H17N3O5S/c1-10-8-13(16-22-10)15-14(18)9-17(23(3,19)20)11-4-6-12(21-2)7-5-11/h4-8H,9H2,1-3H3,(H,15,16,18). The lowest BCUT2D eigenvalue weighted by Gasteiger charge is -2.21. The van der Waals surface area contributed by atoms with Gasteiger partial charge in [0.2, 0.25) is 15.9 Å². The summed E-state index contributed by atoms with van der Waals surface area (Å²) in [6.45, 7) is 1.31. The fourth-order valence-corrected chi connectivity index (χ4v) is 2.74. The van der Waals surface area contributed by atoms with E-state index in [0.29, 0.717) is 17.2 Å². The largest absolute Gasteiger partial charge is 0.497 e. The van der Waals surface area contributed by atoms with Crippen molar-refractivity contribution in [1.29, 1.82) is 0 Å². The number of nitrogens with zero attached hydrogens (tertiary/aromatic N) is 2. The van der Waals surface area contributed by atoms with Crippen LogP contribution in [-0.2, 0) is 14.8 Å². The third kappa shape index (κ3) is 4.46. The number of anilines is 2. The smallest absolute Gasteiger partial charge is 0.246 e. The Balaban J connectivity index is 2.17. The van der Waals surface area contributed by atoms with Gasteiger partial charge in [0.05, 0.1) is 19.1 Å². The van der Waals surface area contributed by atoms with Crippen LogP contribution in [0.15, 0.2) is 34.9 Å². The third-order valence-electron chi connectivity index (χ3n) is 2.94. The number of sulfonamides is 1. The summed E-state index contributed by atoms with van der Waals surface area (Å²) in [5.41, 5.74) is 0.361. The van der Waals surface area contributed by atoms with Gasteiger partial charge in [-0.25, -0.2) is 8.42 Å². The van der Waals surface area contributed by atoms with Crippen LogP contribution < -0.4 is 14.4 Å². The molecule has 0 atom stereocenters. The first-order valence-electron chi connectivity index (χ1n) is 6.64. The van der Waals surface area contributed by atoms with Crippen molar-refractivity contribution in [2.45, 2.75) is 6.92 Å². The summed E-state index contributed by atoms with van der Waals surface area (Å²) in [4.78, 5) is 12.1. The Labute approximate surface area is 134 Å². The lowest BCUT2D eigenvalue weighted by Crippen LogP contribution is -2.37. The fourth-order valence-electron chi connectivity index (χ4n) is 1.89. The molecule has 2 rings (SSSR count). The van der Waals surface area contributed by atoms with Gasteiger partial charge >= 0.3 is 0 Å². The Bertz CT molecular complexity index is 783. The molecule has 0 saturated carbocycles. The van der Waals surface area contributed by atoms with Gasteiger partial charge in [0, 0.05) is 6.07 Å². The lowest BCUT2D eigenvalue weighted by atomic mass is 10.3. The molecule has 1 aromatic heterocycles. The molecule has 1 aromatic carbocycles. The second kappa shape index (κ2) is 6.69. The molecule has 0 saturated heterocycles. The van der Waals surface area contributed by atoms with Crippen molar-refractivity contribution in [2.24, 2.45) is 0 Å². The first-order valence-corrected chi connectivity index (χ1v) is 8.49. The van der Waals surface area contributed by atoms with Gasteiger partial charge in [0.15, 0.2) is 5.82 Å². The Morgan fingerprint density at radius 3 is 2.48 bits per heavy atom. The van der Waals surface area contributed by atoms with Gasteiger partial charge in [-0.3, -0.25) is 9.10 Å². The van der Waals surface area contributed by atoms with Crippen LogP contribution in [0, 0.1) is 6.92 Å². The average molecular weight is 339 g/mol. The van der Waals surface area contributed by atoms with E-state index >= 15 is 0 Å². The van der Waals surface area contributed by atoms with Gasteiger partial charge in [0.1, 0.15) is 18.1 Å². The Hall–Kier alpha value is -2.55. The van der Waals surface area contributed by atoms with E-state index < -0.39 is 15.9 Å². The van der Waals surface area contributed by atoms with Crippen LogP contribution in [0.4, 0.5) is 11.5 Å². The van der Waals surface area contributed by atoms with Crippen molar-refractivity contribution in [3.05, 3.63) is 36.1 Å². The molecule has 0 radical (unpaired) electrons. The van der Waals surface area contributed by atoms with Crippen LogP contribution in [0.2, 0.25) is 0 Å². The van der Waals surface area contributed by atoms with Crippen LogP contribution in [0.25, 0.3) is 0 Å². The minimum atomic E-state index is -3.63. The summed E-state index contributed by atoms with van der Waals surface area (Å²) >= 11 is 0. The molecule has 0 spiro atoms. The van der Waals surface area contributed by atoms with Crippen molar-refractivity contribution < 1.29 is 22.5 Å². The molecule has 0 aliphatic rings. The number of rotatable bonds is 6. The quantitative estimate of drug-likeness (QED) is 0.853. The molecule has 9 heteroatoms. The summed E-state index contributed by atoms with van der Waals surface area (Å²) in [6.07, 6.45) is 1.03. The number of hydrogen-bond donors (Lipinski definition) is 1. The Morgan fingerprint density at radius 2 is 2.00 bits per heavy atom. The number of amides is 1. The predicted octanol–water partition coefficient (Wildman–Crippen LogP) is 1.40. The number of aromatic nitrogens is 1. The topological polar surface area (TPSA) is 102 Å². The van der Waals surface area contributed by atoms with Gasteiger partial charge in [0.25, 0.3) is 0 Å². The van der Waals surface area contributed by atoms with E-state index in [1.807, 2.05) is 0 Å². The SMILES string of the molecule is COc1ccc(N(CC(=O)Nc2cc(C)on2)S(C)(=O)=O)cc1. The minimum Gasteiger partial charge on any atom is -0.497 e. The summed E-state index contributed by atoms with van der Waals surface area (Å²) in [7, 11) is -2.12. The van der Waals surface area contributed by atoms with Gasteiger partial charge < -0.3 is 14.6 Å². The summed E-state index contributed by atoms with van der Waals surface area (Å²) in [5.74, 6) is 0.829. The maximum absolute atomic E-state index is 12.1. The normalized spacial score (nSPS) is 11.1. The zero-order chi connectivity index (χ0) is 17.0. The van der Waals surface area contributed by atoms with Crippen molar-refractivity contribution >= 4 is 27.4 Å². The van der Waals surface area contributed by atoms with E-state index in [2.05, 4.69) is 10.5 Å². The Kier molecular flexibility index (Phi) is 4.89. The molecular weight excluding hydrogens is 322 g/mol. The molecule has 2 aromatic rings. The van der Waals surface area contributed by atoms with Crippen molar-refractivity contribution in [1.82, 2.24) is 5.16 Å². The molecule has 8 nitrogen and oxygen atoms in total. The third-order valence-corrected chi connectivity index (χ3v) is 4.08. The van der Waals surface area contributed by atoms with E-state index in [-0.39, 0.29) is 12.4 Å². The number of nitrogens with one attached hydrogen (secondary N) is 1. The summed E-state index contributed by atoms with van der Waals surface area (Å²) in [5, 5.41) is 6.11. The first kappa shape index (κ1) is 16.8. The molecule has 0 aliphatic heterocycles. The molecular formula is C14H17N3O5S. The molecule has 23 heavy (non-hydrogen) atoms. The number of ether oxygens (including phenoxy) is 1. The van der Waals surface area contributed by atoms with Crippen LogP contribution in [-0.4, -0.2) is 39.4 Å². The maximum Gasteiger partial charge on any atom is 0.246 e. The number of carbonyl (C=O) groups is 1. The molecule has 0 unspecified atom stereocenters. The van der Waals surface area contributed by atoms with Crippen molar-refractivity contribution in [3.63, 3.8) is 0 Å². The molecule has 0 bridgehead atoms. The highest BCUT2D eigenvalue weighted by atomic mass is 32.2. The maximum atomic E-state index is 12.1.